The van der Waals surface area contributed by atoms with E-state index in [0.717, 1.165) is 25.9 Å². The molecule has 1 N–H and O–H groups in total. The van der Waals surface area contributed by atoms with E-state index in [2.05, 4.69) is 10.3 Å². The highest BCUT2D eigenvalue weighted by molar-refractivity contribution is 5.96. The Morgan fingerprint density at radius 1 is 1.26 bits per heavy atom. The molecule has 0 saturated carbocycles. The second-order valence-electron chi connectivity index (χ2n) is 4.40. The SMILES string of the molecule is CCCN(CCC)C(=O)c1ccnc(NC(C)=O)c1. The number of anilines is 1. The van der Waals surface area contributed by atoms with Crippen LogP contribution in [0, 0.1) is 0 Å². The van der Waals surface area contributed by atoms with Crippen LogP contribution in [0.15, 0.2) is 18.3 Å². The molecule has 0 aliphatic carbocycles. The van der Waals surface area contributed by atoms with Crippen molar-refractivity contribution in [3.8, 4) is 0 Å². The molecule has 1 heterocycles. The van der Waals surface area contributed by atoms with Crippen LogP contribution in [0.3, 0.4) is 0 Å². The molecule has 0 radical (unpaired) electrons. The molecule has 1 rings (SSSR count). The van der Waals surface area contributed by atoms with E-state index in [4.69, 9.17) is 0 Å². The minimum absolute atomic E-state index is 0.0160. The van der Waals surface area contributed by atoms with Crippen LogP contribution in [-0.2, 0) is 4.79 Å². The van der Waals surface area contributed by atoms with Crippen LogP contribution in [0.25, 0.3) is 0 Å². The minimum atomic E-state index is -0.198. The Bertz CT molecular complexity index is 440. The lowest BCUT2D eigenvalue weighted by Crippen LogP contribution is -2.32. The minimum Gasteiger partial charge on any atom is -0.339 e. The Morgan fingerprint density at radius 3 is 2.42 bits per heavy atom. The Labute approximate surface area is 114 Å². The fourth-order valence-corrected chi connectivity index (χ4v) is 1.85. The highest BCUT2D eigenvalue weighted by Crippen LogP contribution is 2.10. The van der Waals surface area contributed by atoms with Gasteiger partial charge in [-0.25, -0.2) is 4.98 Å². The number of nitrogens with zero attached hydrogens (tertiary/aromatic N) is 2. The lowest BCUT2D eigenvalue weighted by Gasteiger charge is -2.21. The first-order chi connectivity index (χ1) is 9.08. The molecule has 0 unspecified atom stereocenters. The molecule has 0 saturated heterocycles. The maximum absolute atomic E-state index is 12.3. The van der Waals surface area contributed by atoms with E-state index in [9.17, 15) is 9.59 Å². The summed E-state index contributed by atoms with van der Waals surface area (Å²) in [6, 6.07) is 3.29. The van der Waals surface area contributed by atoms with Crippen molar-refractivity contribution in [1.82, 2.24) is 9.88 Å². The maximum Gasteiger partial charge on any atom is 0.254 e. The van der Waals surface area contributed by atoms with Gasteiger partial charge in [-0.1, -0.05) is 13.8 Å². The van der Waals surface area contributed by atoms with E-state index in [-0.39, 0.29) is 11.8 Å². The zero-order valence-corrected chi connectivity index (χ0v) is 11.8. The van der Waals surface area contributed by atoms with Crippen molar-refractivity contribution in [3.05, 3.63) is 23.9 Å². The molecule has 0 aromatic carbocycles. The maximum atomic E-state index is 12.3. The van der Waals surface area contributed by atoms with Crippen LogP contribution >= 0.6 is 0 Å². The third-order valence-electron chi connectivity index (χ3n) is 2.59. The molecular weight excluding hydrogens is 242 g/mol. The first-order valence-electron chi connectivity index (χ1n) is 6.61. The van der Waals surface area contributed by atoms with Gasteiger partial charge in [0.2, 0.25) is 5.91 Å². The molecule has 5 nitrogen and oxygen atoms in total. The number of hydrogen-bond donors (Lipinski definition) is 1. The summed E-state index contributed by atoms with van der Waals surface area (Å²) in [6.07, 6.45) is 3.39. The van der Waals surface area contributed by atoms with Gasteiger partial charge in [0, 0.05) is 31.8 Å². The molecule has 104 valence electrons. The van der Waals surface area contributed by atoms with Crippen LogP contribution in [-0.4, -0.2) is 34.8 Å². The molecule has 0 atom stereocenters. The molecule has 2 amide bonds. The smallest absolute Gasteiger partial charge is 0.254 e. The van der Waals surface area contributed by atoms with E-state index in [1.165, 1.54) is 13.1 Å². The molecule has 0 aliphatic heterocycles. The zero-order chi connectivity index (χ0) is 14.3. The van der Waals surface area contributed by atoms with Gasteiger partial charge in [-0.3, -0.25) is 9.59 Å². The number of pyridine rings is 1. The number of amides is 2. The highest BCUT2D eigenvalue weighted by Gasteiger charge is 2.14. The fourth-order valence-electron chi connectivity index (χ4n) is 1.85. The van der Waals surface area contributed by atoms with Crippen molar-refractivity contribution in [2.45, 2.75) is 33.6 Å². The van der Waals surface area contributed by atoms with Gasteiger partial charge in [0.15, 0.2) is 0 Å². The molecule has 0 aliphatic rings. The Kier molecular flexibility index (Phi) is 5.99. The highest BCUT2D eigenvalue weighted by atomic mass is 16.2. The third kappa shape index (κ3) is 4.69. The van der Waals surface area contributed by atoms with Gasteiger partial charge in [-0.15, -0.1) is 0 Å². The van der Waals surface area contributed by atoms with Crippen molar-refractivity contribution in [1.29, 1.82) is 0 Å². The van der Waals surface area contributed by atoms with E-state index >= 15 is 0 Å². The topological polar surface area (TPSA) is 62.3 Å². The van der Waals surface area contributed by atoms with Crippen LogP contribution < -0.4 is 5.32 Å². The second-order valence-corrected chi connectivity index (χ2v) is 4.40. The van der Waals surface area contributed by atoms with E-state index < -0.39 is 0 Å². The average molecular weight is 263 g/mol. The van der Waals surface area contributed by atoms with Crippen molar-refractivity contribution in [2.24, 2.45) is 0 Å². The standard InChI is InChI=1S/C14H21N3O2/c1-4-8-17(9-5-2)14(19)12-6-7-15-13(10-12)16-11(3)18/h6-7,10H,4-5,8-9H2,1-3H3,(H,15,16,18). The first kappa shape index (κ1) is 15.1. The zero-order valence-electron chi connectivity index (χ0n) is 11.8. The van der Waals surface area contributed by atoms with E-state index in [1.54, 1.807) is 12.1 Å². The van der Waals surface area contributed by atoms with E-state index in [0.29, 0.717) is 11.4 Å². The number of carbonyl (C=O) groups is 2. The molecule has 5 heteroatoms. The van der Waals surface area contributed by atoms with Crippen molar-refractivity contribution in [2.75, 3.05) is 18.4 Å². The van der Waals surface area contributed by atoms with Crippen LogP contribution in [0.2, 0.25) is 0 Å². The van der Waals surface area contributed by atoms with Gasteiger partial charge < -0.3 is 10.2 Å². The molecule has 1 aromatic rings. The summed E-state index contributed by atoms with van der Waals surface area (Å²) < 4.78 is 0. The van der Waals surface area contributed by atoms with Gasteiger partial charge >= 0.3 is 0 Å². The summed E-state index contributed by atoms with van der Waals surface area (Å²) in [5.41, 5.74) is 0.556. The molecule has 19 heavy (non-hydrogen) atoms. The quantitative estimate of drug-likeness (QED) is 0.856. The largest absolute Gasteiger partial charge is 0.339 e. The first-order valence-corrected chi connectivity index (χ1v) is 6.61. The predicted molar refractivity (Wildman–Crippen MR) is 75.0 cm³/mol. The molecule has 0 spiro atoms. The van der Waals surface area contributed by atoms with Crippen LogP contribution in [0.1, 0.15) is 44.0 Å². The van der Waals surface area contributed by atoms with Crippen LogP contribution in [0.5, 0.6) is 0 Å². The van der Waals surface area contributed by atoms with Gasteiger partial charge in [-0.05, 0) is 25.0 Å². The van der Waals surface area contributed by atoms with Gasteiger partial charge in [-0.2, -0.15) is 0 Å². The van der Waals surface area contributed by atoms with Crippen molar-refractivity contribution >= 4 is 17.6 Å². The fraction of sp³-hybridized carbons (Fsp3) is 0.500. The summed E-state index contributed by atoms with van der Waals surface area (Å²) in [4.78, 5) is 29.2. The second kappa shape index (κ2) is 7.51. The molecule has 0 fully saturated rings. The van der Waals surface area contributed by atoms with Gasteiger partial charge in [0.05, 0.1) is 0 Å². The summed E-state index contributed by atoms with van der Waals surface area (Å²) in [7, 11) is 0. The number of rotatable bonds is 6. The number of carbonyl (C=O) groups excluding carboxylic acids is 2. The lowest BCUT2D eigenvalue weighted by molar-refractivity contribution is -0.114. The van der Waals surface area contributed by atoms with Crippen molar-refractivity contribution in [3.63, 3.8) is 0 Å². The Balaban J connectivity index is 2.87. The summed E-state index contributed by atoms with van der Waals surface area (Å²) in [6.45, 7) is 6.99. The number of aromatic nitrogens is 1. The van der Waals surface area contributed by atoms with Gasteiger partial charge in [0.1, 0.15) is 5.82 Å². The average Bonchev–Trinajstić information content (AvgIpc) is 2.37. The Morgan fingerprint density at radius 2 is 1.89 bits per heavy atom. The van der Waals surface area contributed by atoms with Crippen molar-refractivity contribution < 1.29 is 9.59 Å². The van der Waals surface area contributed by atoms with Gasteiger partial charge in [0.25, 0.3) is 5.91 Å². The normalized spacial score (nSPS) is 10.1. The summed E-state index contributed by atoms with van der Waals surface area (Å²) in [5, 5.41) is 2.58. The van der Waals surface area contributed by atoms with Crippen LogP contribution in [0.4, 0.5) is 5.82 Å². The molecular formula is C14H21N3O2. The lowest BCUT2D eigenvalue weighted by atomic mass is 10.2. The summed E-state index contributed by atoms with van der Waals surface area (Å²) in [5.74, 6) is 0.195. The van der Waals surface area contributed by atoms with E-state index in [1.807, 2.05) is 18.7 Å². The third-order valence-corrected chi connectivity index (χ3v) is 2.59. The summed E-state index contributed by atoms with van der Waals surface area (Å²) >= 11 is 0. The monoisotopic (exact) mass is 263 g/mol. The number of hydrogen-bond acceptors (Lipinski definition) is 3. The Hall–Kier alpha value is -1.91. The molecule has 1 aromatic heterocycles. The number of nitrogens with one attached hydrogen (secondary N) is 1. The molecule has 0 bridgehead atoms. The predicted octanol–water partition coefficient (Wildman–Crippen LogP) is 2.30.